The van der Waals surface area contributed by atoms with Crippen molar-refractivity contribution >= 4 is 6.03 Å². The molecule has 6 heteroatoms. The van der Waals surface area contributed by atoms with E-state index in [2.05, 4.69) is 29.4 Å². The Bertz CT molecular complexity index is 733. The lowest BCUT2D eigenvalue weighted by molar-refractivity contribution is 0.225. The number of likely N-dealkylation sites (N-methyl/N-ethyl adjacent to an activating group) is 1. The Morgan fingerprint density at radius 2 is 1.68 bits per heavy atom. The van der Waals surface area contributed by atoms with Crippen molar-refractivity contribution in [1.82, 2.24) is 15.5 Å². The minimum atomic E-state index is -0.198. The van der Waals surface area contributed by atoms with Gasteiger partial charge in [0.05, 0.1) is 20.3 Å². The summed E-state index contributed by atoms with van der Waals surface area (Å²) in [7, 11) is 3.20. The molecular formula is C22H31N3O3. The number of hydrogen-bond donors (Lipinski definition) is 2. The van der Waals surface area contributed by atoms with Crippen LogP contribution in [0.1, 0.15) is 31.0 Å². The summed E-state index contributed by atoms with van der Waals surface area (Å²) in [6.45, 7) is 7.30. The standard InChI is InChI=1S/C22H31N3O3/c1-5-25(6-2)16-19(18-10-8-7-9-11-18)24-22(26)23-15-17-12-13-20(27-3)21(14-17)28-4/h7-14,19H,5-6,15-16H2,1-4H3,(H2,23,24,26)/t19-/m0/s1. The van der Waals surface area contributed by atoms with Crippen LogP contribution in [-0.4, -0.2) is 44.8 Å². The van der Waals surface area contributed by atoms with Crippen molar-refractivity contribution in [3.63, 3.8) is 0 Å². The number of carbonyl (C=O) groups excluding carboxylic acids is 1. The van der Waals surface area contributed by atoms with Crippen LogP contribution in [0.5, 0.6) is 11.5 Å². The summed E-state index contributed by atoms with van der Waals surface area (Å²) in [6, 6.07) is 15.4. The molecule has 2 rings (SSSR count). The van der Waals surface area contributed by atoms with Crippen molar-refractivity contribution in [1.29, 1.82) is 0 Å². The number of methoxy groups -OCH3 is 2. The smallest absolute Gasteiger partial charge is 0.315 e. The molecular weight excluding hydrogens is 354 g/mol. The molecule has 1 atom stereocenters. The first-order valence-corrected chi connectivity index (χ1v) is 9.63. The molecule has 0 bridgehead atoms. The topological polar surface area (TPSA) is 62.8 Å². The number of hydrogen-bond acceptors (Lipinski definition) is 4. The number of amides is 2. The van der Waals surface area contributed by atoms with Crippen molar-refractivity contribution in [3.05, 3.63) is 59.7 Å². The highest BCUT2D eigenvalue weighted by atomic mass is 16.5. The van der Waals surface area contributed by atoms with E-state index in [4.69, 9.17) is 9.47 Å². The maximum absolute atomic E-state index is 12.5. The molecule has 0 spiro atoms. The maximum Gasteiger partial charge on any atom is 0.315 e. The van der Waals surface area contributed by atoms with E-state index in [9.17, 15) is 4.79 Å². The van der Waals surface area contributed by atoms with Crippen LogP contribution in [0.25, 0.3) is 0 Å². The van der Waals surface area contributed by atoms with E-state index < -0.39 is 0 Å². The summed E-state index contributed by atoms with van der Waals surface area (Å²) in [4.78, 5) is 14.8. The largest absolute Gasteiger partial charge is 0.493 e. The van der Waals surface area contributed by atoms with Gasteiger partial charge in [-0.1, -0.05) is 50.2 Å². The Morgan fingerprint density at radius 3 is 2.29 bits per heavy atom. The maximum atomic E-state index is 12.5. The third-order valence-electron chi connectivity index (χ3n) is 4.74. The lowest BCUT2D eigenvalue weighted by atomic mass is 10.1. The number of urea groups is 1. The fraction of sp³-hybridized carbons (Fsp3) is 0.409. The van der Waals surface area contributed by atoms with Crippen LogP contribution >= 0.6 is 0 Å². The fourth-order valence-corrected chi connectivity index (χ4v) is 3.04. The number of rotatable bonds is 10. The van der Waals surface area contributed by atoms with Gasteiger partial charge in [0.2, 0.25) is 0 Å². The van der Waals surface area contributed by atoms with Crippen molar-refractivity contribution in [2.45, 2.75) is 26.4 Å². The van der Waals surface area contributed by atoms with Gasteiger partial charge >= 0.3 is 6.03 Å². The Labute approximate surface area is 167 Å². The SMILES string of the molecule is CCN(CC)C[C@H](NC(=O)NCc1ccc(OC)c(OC)c1)c1ccccc1. The first-order chi connectivity index (χ1) is 13.6. The zero-order chi connectivity index (χ0) is 20.4. The van der Waals surface area contributed by atoms with Gasteiger partial charge in [-0.15, -0.1) is 0 Å². The minimum Gasteiger partial charge on any atom is -0.493 e. The zero-order valence-electron chi connectivity index (χ0n) is 17.2. The van der Waals surface area contributed by atoms with Gasteiger partial charge in [0.15, 0.2) is 11.5 Å². The van der Waals surface area contributed by atoms with E-state index in [1.165, 1.54) is 0 Å². The molecule has 2 aromatic rings. The Morgan fingerprint density at radius 1 is 1.00 bits per heavy atom. The molecule has 0 aromatic heterocycles. The molecule has 2 amide bonds. The van der Waals surface area contributed by atoms with Crippen LogP contribution in [0, 0.1) is 0 Å². The van der Waals surface area contributed by atoms with Gasteiger partial charge in [0, 0.05) is 13.1 Å². The van der Waals surface area contributed by atoms with E-state index in [1.807, 2.05) is 48.5 Å². The van der Waals surface area contributed by atoms with Crippen LogP contribution in [-0.2, 0) is 6.54 Å². The Balaban J connectivity index is 2.01. The van der Waals surface area contributed by atoms with Crippen LogP contribution in [0.4, 0.5) is 4.79 Å². The number of nitrogens with one attached hydrogen (secondary N) is 2. The third-order valence-corrected chi connectivity index (χ3v) is 4.74. The lowest BCUT2D eigenvalue weighted by Crippen LogP contribution is -2.42. The van der Waals surface area contributed by atoms with E-state index in [0.717, 1.165) is 30.8 Å². The molecule has 2 N–H and O–H groups in total. The highest BCUT2D eigenvalue weighted by molar-refractivity contribution is 5.74. The monoisotopic (exact) mass is 385 g/mol. The van der Waals surface area contributed by atoms with Crippen molar-refractivity contribution < 1.29 is 14.3 Å². The average Bonchev–Trinajstić information content (AvgIpc) is 2.75. The first kappa shape index (κ1) is 21.6. The van der Waals surface area contributed by atoms with Gasteiger partial charge < -0.3 is 25.0 Å². The molecule has 0 saturated heterocycles. The number of ether oxygens (including phenoxy) is 2. The first-order valence-electron chi connectivity index (χ1n) is 9.63. The Kier molecular flexibility index (Phi) is 8.62. The summed E-state index contributed by atoms with van der Waals surface area (Å²) in [5.41, 5.74) is 2.03. The molecule has 0 saturated carbocycles. The van der Waals surface area contributed by atoms with E-state index in [1.54, 1.807) is 14.2 Å². The van der Waals surface area contributed by atoms with Crippen molar-refractivity contribution in [3.8, 4) is 11.5 Å². The number of nitrogens with zero attached hydrogens (tertiary/aromatic N) is 1. The molecule has 152 valence electrons. The van der Waals surface area contributed by atoms with Gasteiger partial charge in [-0.05, 0) is 36.3 Å². The highest BCUT2D eigenvalue weighted by Gasteiger charge is 2.17. The molecule has 0 aliphatic carbocycles. The summed E-state index contributed by atoms with van der Waals surface area (Å²) in [6.07, 6.45) is 0. The number of benzene rings is 2. The second kappa shape index (κ2) is 11.2. The predicted octanol–water partition coefficient (Wildman–Crippen LogP) is 3.59. The lowest BCUT2D eigenvalue weighted by Gasteiger charge is -2.26. The molecule has 0 unspecified atom stereocenters. The summed E-state index contributed by atoms with van der Waals surface area (Å²) in [5.74, 6) is 1.31. The molecule has 2 aromatic carbocycles. The molecule has 0 radical (unpaired) electrons. The van der Waals surface area contributed by atoms with Crippen molar-refractivity contribution in [2.24, 2.45) is 0 Å². The van der Waals surface area contributed by atoms with E-state index >= 15 is 0 Å². The number of carbonyl (C=O) groups is 1. The van der Waals surface area contributed by atoms with Gasteiger partial charge in [0.1, 0.15) is 0 Å². The molecule has 6 nitrogen and oxygen atoms in total. The van der Waals surface area contributed by atoms with Crippen molar-refractivity contribution in [2.75, 3.05) is 33.9 Å². The second-order valence-corrected chi connectivity index (χ2v) is 6.47. The minimum absolute atomic E-state index is 0.0773. The predicted molar refractivity (Wildman–Crippen MR) is 112 cm³/mol. The molecule has 0 aliphatic rings. The van der Waals surface area contributed by atoms with Crippen LogP contribution < -0.4 is 20.1 Å². The molecule has 28 heavy (non-hydrogen) atoms. The highest BCUT2D eigenvalue weighted by Crippen LogP contribution is 2.27. The fourth-order valence-electron chi connectivity index (χ4n) is 3.04. The van der Waals surface area contributed by atoms with E-state index in [-0.39, 0.29) is 12.1 Å². The van der Waals surface area contributed by atoms with Gasteiger partial charge in [-0.3, -0.25) is 0 Å². The quantitative estimate of drug-likeness (QED) is 0.656. The average molecular weight is 386 g/mol. The van der Waals surface area contributed by atoms with Gasteiger partial charge in [-0.2, -0.15) is 0 Å². The van der Waals surface area contributed by atoms with Crippen LogP contribution in [0.2, 0.25) is 0 Å². The Hall–Kier alpha value is -2.73. The summed E-state index contributed by atoms with van der Waals surface area (Å²) >= 11 is 0. The zero-order valence-corrected chi connectivity index (χ0v) is 17.2. The third kappa shape index (κ3) is 6.16. The van der Waals surface area contributed by atoms with Gasteiger partial charge in [-0.25, -0.2) is 4.79 Å². The normalized spacial score (nSPS) is 11.8. The van der Waals surface area contributed by atoms with Gasteiger partial charge in [0.25, 0.3) is 0 Å². The summed E-state index contributed by atoms with van der Waals surface area (Å²) in [5, 5.41) is 6.04. The van der Waals surface area contributed by atoms with Crippen LogP contribution in [0.3, 0.4) is 0 Å². The molecule has 0 fully saturated rings. The molecule has 0 aliphatic heterocycles. The molecule has 0 heterocycles. The summed E-state index contributed by atoms with van der Waals surface area (Å²) < 4.78 is 10.6. The van der Waals surface area contributed by atoms with Crippen LogP contribution in [0.15, 0.2) is 48.5 Å². The van der Waals surface area contributed by atoms with E-state index in [0.29, 0.717) is 18.0 Å². The second-order valence-electron chi connectivity index (χ2n) is 6.47.